The highest BCUT2D eigenvalue weighted by atomic mass is 16.5. The summed E-state index contributed by atoms with van der Waals surface area (Å²) in [4.78, 5) is 16.7. The number of carbonyl (C=O) groups is 1. The van der Waals surface area contributed by atoms with Crippen LogP contribution < -0.4 is 10.2 Å². The quantitative estimate of drug-likeness (QED) is 0.928. The zero-order valence-corrected chi connectivity index (χ0v) is 14.2. The second kappa shape index (κ2) is 7.21. The highest BCUT2D eigenvalue weighted by Gasteiger charge is 2.24. The molecule has 2 amide bonds. The zero-order valence-electron chi connectivity index (χ0n) is 14.2. The lowest BCUT2D eigenvalue weighted by molar-refractivity contribution is 0.0181. The van der Waals surface area contributed by atoms with Gasteiger partial charge in [0.1, 0.15) is 0 Å². The molecule has 1 fully saturated rings. The lowest BCUT2D eigenvalue weighted by atomic mass is 10.1. The lowest BCUT2D eigenvalue weighted by Gasteiger charge is -2.32. The van der Waals surface area contributed by atoms with Gasteiger partial charge in [-0.15, -0.1) is 0 Å². The number of likely N-dealkylation sites (N-methyl/N-ethyl adjacent to an activating group) is 1. The number of hydrogen-bond donors (Lipinski definition) is 1. The first-order valence-electron chi connectivity index (χ1n) is 8.76. The summed E-state index contributed by atoms with van der Waals surface area (Å²) < 4.78 is 5.67. The number of likely N-dealkylation sites (tertiary alicyclic amines) is 1. The summed E-state index contributed by atoms with van der Waals surface area (Å²) in [5.41, 5.74) is 3.52. The average molecular weight is 317 g/mol. The highest BCUT2D eigenvalue weighted by Crippen LogP contribution is 2.30. The van der Waals surface area contributed by atoms with E-state index < -0.39 is 0 Å². The van der Waals surface area contributed by atoms with Gasteiger partial charge in [-0.25, -0.2) is 4.79 Å². The normalized spacial score (nSPS) is 20.5. The van der Waals surface area contributed by atoms with Crippen LogP contribution in [0.2, 0.25) is 0 Å². The van der Waals surface area contributed by atoms with Crippen LogP contribution in [-0.4, -0.2) is 49.8 Å². The van der Waals surface area contributed by atoms with Crippen molar-refractivity contribution < 1.29 is 9.53 Å². The minimum Gasteiger partial charge on any atom is -0.377 e. The minimum atomic E-state index is -0.0181. The molecule has 0 aliphatic carbocycles. The van der Waals surface area contributed by atoms with Crippen LogP contribution in [0, 0.1) is 0 Å². The van der Waals surface area contributed by atoms with Gasteiger partial charge in [0.05, 0.1) is 6.10 Å². The molecular weight excluding hydrogens is 290 g/mol. The van der Waals surface area contributed by atoms with Crippen molar-refractivity contribution in [3.63, 3.8) is 0 Å². The van der Waals surface area contributed by atoms with Gasteiger partial charge in [0.15, 0.2) is 0 Å². The molecule has 0 saturated carbocycles. The molecule has 0 unspecified atom stereocenters. The summed E-state index contributed by atoms with van der Waals surface area (Å²) in [5.74, 6) is 0. The topological polar surface area (TPSA) is 44.8 Å². The number of amides is 2. The average Bonchev–Trinajstić information content (AvgIpc) is 2.98. The lowest BCUT2D eigenvalue weighted by Crippen LogP contribution is -2.45. The van der Waals surface area contributed by atoms with Gasteiger partial charge in [0.25, 0.3) is 0 Å². The van der Waals surface area contributed by atoms with E-state index in [4.69, 9.17) is 4.74 Å². The van der Waals surface area contributed by atoms with Gasteiger partial charge in [-0.2, -0.15) is 0 Å². The number of ether oxygens (including phenoxy) is 1. The van der Waals surface area contributed by atoms with Gasteiger partial charge >= 0.3 is 6.03 Å². The Labute approximate surface area is 138 Å². The smallest absolute Gasteiger partial charge is 0.321 e. The second-order valence-corrected chi connectivity index (χ2v) is 6.27. The van der Waals surface area contributed by atoms with Crippen molar-refractivity contribution in [1.29, 1.82) is 0 Å². The molecule has 126 valence electrons. The summed E-state index contributed by atoms with van der Waals surface area (Å²) in [6.45, 7) is 8.45. The number of fused-ring (bicyclic) bond motifs is 1. The third kappa shape index (κ3) is 3.61. The van der Waals surface area contributed by atoms with E-state index in [1.807, 2.05) is 17.9 Å². The number of carbonyl (C=O) groups excluding carboxylic acids is 1. The first-order valence-corrected chi connectivity index (χ1v) is 8.76. The number of hydrogen-bond acceptors (Lipinski definition) is 3. The number of nitrogens with zero attached hydrogens (tertiary/aromatic N) is 2. The van der Waals surface area contributed by atoms with Crippen molar-refractivity contribution in [1.82, 2.24) is 4.90 Å². The van der Waals surface area contributed by atoms with Crippen LogP contribution in [0.4, 0.5) is 16.2 Å². The molecule has 2 aliphatic heterocycles. The van der Waals surface area contributed by atoms with Crippen molar-refractivity contribution in [2.75, 3.05) is 43.0 Å². The maximum Gasteiger partial charge on any atom is 0.321 e. The van der Waals surface area contributed by atoms with Crippen LogP contribution in [-0.2, 0) is 11.2 Å². The second-order valence-electron chi connectivity index (χ2n) is 6.27. The fraction of sp³-hybridized carbons (Fsp3) is 0.611. The molecule has 0 aromatic heterocycles. The number of benzene rings is 1. The Morgan fingerprint density at radius 2 is 2.22 bits per heavy atom. The highest BCUT2D eigenvalue weighted by molar-refractivity contribution is 5.90. The summed E-state index contributed by atoms with van der Waals surface area (Å²) in [6, 6.07) is 6.24. The predicted octanol–water partition coefficient (Wildman–Crippen LogP) is 3.10. The molecule has 0 bridgehead atoms. The van der Waals surface area contributed by atoms with Crippen molar-refractivity contribution in [3.05, 3.63) is 23.8 Å². The molecule has 5 nitrogen and oxygen atoms in total. The number of nitrogens with one attached hydrogen (secondary N) is 1. The molecule has 23 heavy (non-hydrogen) atoms. The molecule has 0 spiro atoms. The summed E-state index contributed by atoms with van der Waals surface area (Å²) in [5, 5.41) is 3.05. The van der Waals surface area contributed by atoms with E-state index in [9.17, 15) is 4.79 Å². The molecule has 0 radical (unpaired) electrons. The van der Waals surface area contributed by atoms with E-state index in [2.05, 4.69) is 29.3 Å². The largest absolute Gasteiger partial charge is 0.377 e. The SMILES string of the molecule is CCO[C@H]1CCCN(C(=O)Nc2ccc3c(c2)N(CC)CC3)C1. The first-order chi connectivity index (χ1) is 11.2. The molecule has 1 aromatic carbocycles. The van der Waals surface area contributed by atoms with Crippen molar-refractivity contribution in [2.45, 2.75) is 39.2 Å². The van der Waals surface area contributed by atoms with Crippen LogP contribution in [0.5, 0.6) is 0 Å². The van der Waals surface area contributed by atoms with E-state index in [1.54, 1.807) is 0 Å². The molecule has 1 saturated heterocycles. The Bertz CT molecular complexity index is 559. The molecule has 1 aromatic rings. The number of piperidine rings is 1. The molecular formula is C18H27N3O2. The Morgan fingerprint density at radius 3 is 3.00 bits per heavy atom. The summed E-state index contributed by atoms with van der Waals surface area (Å²) >= 11 is 0. The number of rotatable bonds is 4. The van der Waals surface area contributed by atoms with E-state index in [0.29, 0.717) is 13.2 Å². The molecule has 3 rings (SSSR count). The van der Waals surface area contributed by atoms with Crippen molar-refractivity contribution in [3.8, 4) is 0 Å². The van der Waals surface area contributed by atoms with Gasteiger partial charge in [-0.3, -0.25) is 0 Å². The van der Waals surface area contributed by atoms with E-state index in [0.717, 1.165) is 44.6 Å². The number of urea groups is 1. The van der Waals surface area contributed by atoms with Gasteiger partial charge in [0, 0.05) is 44.2 Å². The van der Waals surface area contributed by atoms with Crippen LogP contribution in [0.3, 0.4) is 0 Å². The predicted molar refractivity (Wildman–Crippen MR) is 93.3 cm³/mol. The Hall–Kier alpha value is -1.75. The van der Waals surface area contributed by atoms with Gasteiger partial charge in [-0.05, 0) is 50.8 Å². The Balaban J connectivity index is 1.64. The van der Waals surface area contributed by atoms with Gasteiger partial charge in [-0.1, -0.05) is 6.07 Å². The van der Waals surface area contributed by atoms with Gasteiger partial charge < -0.3 is 19.9 Å². The zero-order chi connectivity index (χ0) is 16.2. The minimum absolute atomic E-state index is 0.0181. The Kier molecular flexibility index (Phi) is 5.06. The summed E-state index contributed by atoms with van der Waals surface area (Å²) in [6.07, 6.45) is 3.32. The molecule has 5 heteroatoms. The fourth-order valence-corrected chi connectivity index (χ4v) is 3.55. The maximum atomic E-state index is 12.5. The van der Waals surface area contributed by atoms with E-state index >= 15 is 0 Å². The maximum absolute atomic E-state index is 12.5. The third-order valence-corrected chi connectivity index (χ3v) is 4.78. The molecule has 2 aliphatic rings. The van der Waals surface area contributed by atoms with Crippen molar-refractivity contribution >= 4 is 17.4 Å². The fourth-order valence-electron chi connectivity index (χ4n) is 3.55. The Morgan fingerprint density at radius 1 is 1.35 bits per heavy atom. The first kappa shape index (κ1) is 16.1. The van der Waals surface area contributed by atoms with E-state index in [-0.39, 0.29) is 12.1 Å². The van der Waals surface area contributed by atoms with Crippen LogP contribution in [0.25, 0.3) is 0 Å². The van der Waals surface area contributed by atoms with Crippen LogP contribution >= 0.6 is 0 Å². The van der Waals surface area contributed by atoms with Crippen LogP contribution in [0.15, 0.2) is 18.2 Å². The molecule has 1 N–H and O–H groups in total. The number of anilines is 2. The van der Waals surface area contributed by atoms with Gasteiger partial charge in [0.2, 0.25) is 0 Å². The molecule has 2 heterocycles. The van der Waals surface area contributed by atoms with E-state index in [1.165, 1.54) is 11.3 Å². The van der Waals surface area contributed by atoms with Crippen LogP contribution in [0.1, 0.15) is 32.3 Å². The third-order valence-electron chi connectivity index (χ3n) is 4.78. The van der Waals surface area contributed by atoms with Crippen molar-refractivity contribution in [2.24, 2.45) is 0 Å². The summed E-state index contributed by atoms with van der Waals surface area (Å²) in [7, 11) is 0. The standard InChI is InChI=1S/C18H27N3O2/c1-3-20-11-9-14-7-8-15(12-17(14)20)19-18(22)21-10-5-6-16(13-21)23-4-2/h7-8,12,16H,3-6,9-11,13H2,1-2H3,(H,19,22)/t16-/m0/s1. The monoisotopic (exact) mass is 317 g/mol. The molecule has 1 atom stereocenters.